The number of benzene rings is 1. The van der Waals surface area contributed by atoms with Crippen LogP contribution in [0.1, 0.15) is 24.2 Å². The molecule has 1 unspecified atom stereocenters. The molecule has 0 aliphatic carbocycles. The van der Waals surface area contributed by atoms with Gasteiger partial charge in [-0.1, -0.05) is 6.07 Å². The van der Waals surface area contributed by atoms with Crippen LogP contribution in [-0.2, 0) is 0 Å². The lowest BCUT2D eigenvalue weighted by molar-refractivity contribution is 0.506. The number of aryl methyl sites for hydroxylation is 1. The first-order valence-electron chi connectivity index (χ1n) is 5.71. The van der Waals surface area contributed by atoms with Gasteiger partial charge in [0.15, 0.2) is 11.6 Å². The van der Waals surface area contributed by atoms with Crippen molar-refractivity contribution in [3.63, 3.8) is 0 Å². The van der Waals surface area contributed by atoms with E-state index in [4.69, 9.17) is 0 Å². The van der Waals surface area contributed by atoms with Crippen LogP contribution in [0.2, 0.25) is 0 Å². The van der Waals surface area contributed by atoms with Gasteiger partial charge >= 0.3 is 0 Å². The summed E-state index contributed by atoms with van der Waals surface area (Å²) < 4.78 is 26.0. The van der Waals surface area contributed by atoms with E-state index in [2.05, 4.69) is 10.3 Å². The predicted octanol–water partition coefficient (Wildman–Crippen LogP) is 3.84. The van der Waals surface area contributed by atoms with Crippen molar-refractivity contribution in [2.75, 3.05) is 5.32 Å². The van der Waals surface area contributed by atoms with Crippen LogP contribution < -0.4 is 5.32 Å². The van der Waals surface area contributed by atoms with Crippen LogP contribution in [0.25, 0.3) is 0 Å². The van der Waals surface area contributed by atoms with E-state index in [0.717, 1.165) is 17.4 Å². The van der Waals surface area contributed by atoms with E-state index in [-0.39, 0.29) is 6.04 Å². The number of pyridine rings is 1. The molecule has 18 heavy (non-hydrogen) atoms. The van der Waals surface area contributed by atoms with Crippen LogP contribution in [0.5, 0.6) is 0 Å². The van der Waals surface area contributed by atoms with Gasteiger partial charge in [0.1, 0.15) is 0 Å². The number of nitrogens with zero attached hydrogens (tertiary/aromatic N) is 1. The van der Waals surface area contributed by atoms with Gasteiger partial charge in [-0.05, 0) is 43.7 Å². The summed E-state index contributed by atoms with van der Waals surface area (Å²) in [6.07, 6.45) is 1.71. The molecule has 0 saturated carbocycles. The highest BCUT2D eigenvalue weighted by molar-refractivity contribution is 5.48. The average Bonchev–Trinajstić information content (AvgIpc) is 2.35. The average molecular weight is 248 g/mol. The number of aromatic nitrogens is 1. The van der Waals surface area contributed by atoms with Crippen LogP contribution in [0.3, 0.4) is 0 Å². The van der Waals surface area contributed by atoms with E-state index in [0.29, 0.717) is 5.56 Å². The Bertz CT molecular complexity index is 555. The highest BCUT2D eigenvalue weighted by atomic mass is 19.2. The van der Waals surface area contributed by atoms with E-state index in [1.54, 1.807) is 12.3 Å². The Morgan fingerprint density at radius 3 is 2.61 bits per heavy atom. The minimum atomic E-state index is -0.830. The first-order valence-corrected chi connectivity index (χ1v) is 5.71. The molecule has 0 saturated heterocycles. The summed E-state index contributed by atoms with van der Waals surface area (Å²) in [5.41, 5.74) is 2.44. The van der Waals surface area contributed by atoms with Gasteiger partial charge < -0.3 is 5.32 Å². The molecular weight excluding hydrogens is 234 g/mol. The number of hydrogen-bond acceptors (Lipinski definition) is 2. The van der Waals surface area contributed by atoms with Crippen LogP contribution >= 0.6 is 0 Å². The van der Waals surface area contributed by atoms with E-state index in [1.807, 2.05) is 26.0 Å². The molecule has 0 aliphatic heterocycles. The fourth-order valence-corrected chi connectivity index (χ4v) is 1.74. The van der Waals surface area contributed by atoms with E-state index in [1.165, 1.54) is 6.07 Å². The molecule has 0 aliphatic rings. The lowest BCUT2D eigenvalue weighted by Gasteiger charge is -2.17. The van der Waals surface area contributed by atoms with Crippen molar-refractivity contribution >= 4 is 5.69 Å². The zero-order valence-corrected chi connectivity index (χ0v) is 10.2. The third kappa shape index (κ3) is 2.64. The molecule has 1 heterocycles. The number of rotatable bonds is 3. The Kier molecular flexibility index (Phi) is 3.55. The Hall–Kier alpha value is -1.97. The Labute approximate surface area is 105 Å². The van der Waals surface area contributed by atoms with Gasteiger partial charge in [0.25, 0.3) is 0 Å². The highest BCUT2D eigenvalue weighted by Crippen LogP contribution is 2.22. The van der Waals surface area contributed by atoms with Crippen LogP contribution in [0.4, 0.5) is 14.5 Å². The van der Waals surface area contributed by atoms with Crippen molar-refractivity contribution in [2.24, 2.45) is 0 Å². The Balaban J connectivity index is 2.19. The van der Waals surface area contributed by atoms with Crippen molar-refractivity contribution in [3.05, 3.63) is 59.4 Å². The maximum atomic E-state index is 13.1. The fourth-order valence-electron chi connectivity index (χ4n) is 1.74. The lowest BCUT2D eigenvalue weighted by Crippen LogP contribution is -2.08. The monoisotopic (exact) mass is 248 g/mol. The molecule has 1 aromatic heterocycles. The molecule has 94 valence electrons. The second-order valence-electron chi connectivity index (χ2n) is 4.18. The quantitative estimate of drug-likeness (QED) is 0.892. The van der Waals surface area contributed by atoms with Gasteiger partial charge in [-0.2, -0.15) is 0 Å². The molecule has 4 heteroatoms. The number of nitrogens with one attached hydrogen (secondary N) is 1. The summed E-state index contributed by atoms with van der Waals surface area (Å²) in [5.74, 6) is -1.66. The van der Waals surface area contributed by atoms with Crippen molar-refractivity contribution in [3.8, 4) is 0 Å². The molecule has 0 spiro atoms. The number of hydrogen-bond donors (Lipinski definition) is 1. The van der Waals surface area contributed by atoms with E-state index in [9.17, 15) is 8.78 Å². The number of halogens is 2. The first-order chi connectivity index (χ1) is 8.58. The summed E-state index contributed by atoms with van der Waals surface area (Å²) in [6, 6.07) is 7.52. The van der Waals surface area contributed by atoms with Crippen molar-refractivity contribution < 1.29 is 8.78 Å². The van der Waals surface area contributed by atoms with Crippen molar-refractivity contribution in [2.45, 2.75) is 19.9 Å². The van der Waals surface area contributed by atoms with Crippen LogP contribution in [-0.4, -0.2) is 4.98 Å². The molecule has 1 N–H and O–H groups in total. The zero-order valence-electron chi connectivity index (χ0n) is 10.2. The van der Waals surface area contributed by atoms with E-state index >= 15 is 0 Å². The van der Waals surface area contributed by atoms with Gasteiger partial charge in [0.05, 0.1) is 11.4 Å². The second kappa shape index (κ2) is 5.12. The SMILES string of the molecule is Cc1ncccc1NC(C)c1ccc(F)c(F)c1. The lowest BCUT2D eigenvalue weighted by atomic mass is 10.1. The third-order valence-corrected chi connectivity index (χ3v) is 2.82. The maximum Gasteiger partial charge on any atom is 0.159 e. The first kappa shape index (κ1) is 12.5. The van der Waals surface area contributed by atoms with Crippen LogP contribution in [0, 0.1) is 18.6 Å². The van der Waals surface area contributed by atoms with Gasteiger partial charge in [0.2, 0.25) is 0 Å². The second-order valence-corrected chi connectivity index (χ2v) is 4.18. The third-order valence-electron chi connectivity index (χ3n) is 2.82. The molecule has 0 radical (unpaired) electrons. The minimum absolute atomic E-state index is 0.122. The minimum Gasteiger partial charge on any atom is -0.377 e. The summed E-state index contributed by atoms with van der Waals surface area (Å²) >= 11 is 0. The molecule has 0 fully saturated rings. The standard InChI is InChI=1S/C14H14F2N2/c1-9(11-5-6-12(15)13(16)8-11)18-14-4-3-7-17-10(14)2/h3-9,18H,1-2H3. The van der Waals surface area contributed by atoms with Gasteiger partial charge in [-0.25, -0.2) is 8.78 Å². The summed E-state index contributed by atoms with van der Waals surface area (Å²) in [7, 11) is 0. The van der Waals surface area contributed by atoms with Gasteiger partial charge in [0, 0.05) is 12.2 Å². The molecule has 0 bridgehead atoms. The summed E-state index contributed by atoms with van der Waals surface area (Å²) in [4.78, 5) is 4.16. The molecule has 0 amide bonds. The van der Waals surface area contributed by atoms with E-state index < -0.39 is 11.6 Å². The normalized spacial score (nSPS) is 12.2. The largest absolute Gasteiger partial charge is 0.377 e. The van der Waals surface area contributed by atoms with Gasteiger partial charge in [-0.15, -0.1) is 0 Å². The van der Waals surface area contributed by atoms with Crippen LogP contribution in [0.15, 0.2) is 36.5 Å². The summed E-state index contributed by atoms with van der Waals surface area (Å²) in [6.45, 7) is 3.78. The smallest absolute Gasteiger partial charge is 0.159 e. The molecule has 2 rings (SSSR count). The topological polar surface area (TPSA) is 24.9 Å². The predicted molar refractivity (Wildman–Crippen MR) is 67.4 cm³/mol. The zero-order chi connectivity index (χ0) is 13.1. The summed E-state index contributed by atoms with van der Waals surface area (Å²) in [5, 5.41) is 3.22. The molecule has 1 atom stereocenters. The molecule has 2 aromatic rings. The van der Waals surface area contributed by atoms with Gasteiger partial charge in [-0.3, -0.25) is 4.98 Å². The Morgan fingerprint density at radius 1 is 1.17 bits per heavy atom. The highest BCUT2D eigenvalue weighted by Gasteiger charge is 2.10. The molecule has 1 aromatic carbocycles. The van der Waals surface area contributed by atoms with Crippen molar-refractivity contribution in [1.29, 1.82) is 0 Å². The van der Waals surface area contributed by atoms with Crippen molar-refractivity contribution in [1.82, 2.24) is 4.98 Å². The number of anilines is 1. The maximum absolute atomic E-state index is 13.1. The molecule has 2 nitrogen and oxygen atoms in total. The Morgan fingerprint density at radius 2 is 1.94 bits per heavy atom. The fraction of sp³-hybridized carbons (Fsp3) is 0.214. The molecular formula is C14H14F2N2.